The number of hydrogen-bond donors (Lipinski definition) is 2. The van der Waals surface area contributed by atoms with E-state index in [0.717, 1.165) is 12.1 Å². The molecule has 0 heterocycles. The molecule has 0 saturated heterocycles. The number of halogens is 4. The zero-order chi connectivity index (χ0) is 17.3. The summed E-state index contributed by atoms with van der Waals surface area (Å²) in [7, 11) is 4.00. The molecule has 24 heavy (non-hydrogen) atoms. The average molecular weight is 458 g/mol. The molecule has 0 bridgehead atoms. The number of hydrogen-bond acceptors (Lipinski definition) is 2. The predicted molar refractivity (Wildman–Crippen MR) is 103 cm³/mol. The second-order valence-electron chi connectivity index (χ2n) is 5.54. The second kappa shape index (κ2) is 11.5. The number of aliphatic imine (C=N–C) groups is 1. The van der Waals surface area contributed by atoms with Crippen LogP contribution in [0, 0.1) is 0 Å². The Morgan fingerprint density at radius 3 is 2.42 bits per heavy atom. The van der Waals surface area contributed by atoms with Gasteiger partial charge in [0.05, 0.1) is 13.0 Å². The molecule has 0 amide bonds. The van der Waals surface area contributed by atoms with Gasteiger partial charge in [0, 0.05) is 19.6 Å². The third-order valence-corrected chi connectivity index (χ3v) is 2.96. The van der Waals surface area contributed by atoms with Gasteiger partial charge < -0.3 is 15.5 Å². The number of nitrogens with one attached hydrogen (secondary N) is 2. The van der Waals surface area contributed by atoms with Crippen LogP contribution in [0.25, 0.3) is 0 Å². The zero-order valence-electron chi connectivity index (χ0n) is 14.3. The van der Waals surface area contributed by atoms with Gasteiger partial charge in [-0.05, 0) is 32.1 Å². The average Bonchev–Trinajstić information content (AvgIpc) is 2.43. The first-order valence-corrected chi connectivity index (χ1v) is 7.61. The van der Waals surface area contributed by atoms with E-state index in [1.54, 1.807) is 0 Å². The fraction of sp³-hybridized carbons (Fsp3) is 0.562. The predicted octanol–water partition coefficient (Wildman–Crippen LogP) is 3.37. The fourth-order valence-corrected chi connectivity index (χ4v) is 2.03. The lowest BCUT2D eigenvalue weighted by Gasteiger charge is -2.13. The number of nitrogens with zero attached hydrogens (tertiary/aromatic N) is 2. The van der Waals surface area contributed by atoms with Crippen LogP contribution in [0.15, 0.2) is 29.3 Å². The minimum Gasteiger partial charge on any atom is -0.357 e. The van der Waals surface area contributed by atoms with Crippen LogP contribution in [-0.2, 0) is 13.1 Å². The van der Waals surface area contributed by atoms with E-state index in [0.29, 0.717) is 19.0 Å². The molecule has 0 aliphatic heterocycles. The van der Waals surface area contributed by atoms with Gasteiger partial charge in [-0.25, -0.2) is 4.99 Å². The number of alkyl halides is 3. The van der Waals surface area contributed by atoms with Crippen LogP contribution < -0.4 is 10.6 Å². The van der Waals surface area contributed by atoms with Crippen molar-refractivity contribution in [2.24, 2.45) is 4.99 Å². The molecular formula is C16H26F3IN4. The lowest BCUT2D eigenvalue weighted by Crippen LogP contribution is -2.38. The van der Waals surface area contributed by atoms with Gasteiger partial charge in [0.25, 0.3) is 0 Å². The van der Waals surface area contributed by atoms with Gasteiger partial charge in [0.15, 0.2) is 5.96 Å². The molecule has 0 aromatic heterocycles. The molecular weight excluding hydrogens is 432 g/mol. The summed E-state index contributed by atoms with van der Waals surface area (Å²) in [5, 5.41) is 5.65. The van der Waals surface area contributed by atoms with Gasteiger partial charge in [-0.15, -0.1) is 24.0 Å². The lowest BCUT2D eigenvalue weighted by atomic mass is 10.1. The standard InChI is InChI=1S/C16H25F3N4.HI/c1-4-20-15(21-9-8-16(17,18)19)22-11-13-6-5-7-14(10-13)12-23(2)3;/h5-7,10H,4,8-9,11-12H2,1-3H3,(H2,20,21,22);1H. The van der Waals surface area contributed by atoms with Crippen LogP contribution in [-0.4, -0.2) is 44.2 Å². The van der Waals surface area contributed by atoms with E-state index in [4.69, 9.17) is 0 Å². The highest BCUT2D eigenvalue weighted by molar-refractivity contribution is 14.0. The highest BCUT2D eigenvalue weighted by Crippen LogP contribution is 2.18. The van der Waals surface area contributed by atoms with Crippen LogP contribution in [0.2, 0.25) is 0 Å². The molecule has 0 fully saturated rings. The van der Waals surface area contributed by atoms with Crippen LogP contribution in [0.4, 0.5) is 13.2 Å². The summed E-state index contributed by atoms with van der Waals surface area (Å²) in [6, 6.07) is 8.03. The molecule has 1 aromatic carbocycles. The molecule has 0 radical (unpaired) electrons. The molecule has 1 rings (SSSR count). The Labute approximate surface area is 158 Å². The quantitative estimate of drug-likeness (QED) is 0.374. The van der Waals surface area contributed by atoms with E-state index in [9.17, 15) is 13.2 Å². The van der Waals surface area contributed by atoms with Gasteiger partial charge >= 0.3 is 6.18 Å². The summed E-state index contributed by atoms with van der Waals surface area (Å²) < 4.78 is 36.6. The summed E-state index contributed by atoms with van der Waals surface area (Å²) in [6.07, 6.45) is -5.04. The summed E-state index contributed by atoms with van der Waals surface area (Å²) >= 11 is 0. The van der Waals surface area contributed by atoms with Crippen molar-refractivity contribution in [2.45, 2.75) is 32.6 Å². The van der Waals surface area contributed by atoms with E-state index < -0.39 is 12.6 Å². The largest absolute Gasteiger partial charge is 0.390 e. The molecule has 0 aliphatic carbocycles. The minimum atomic E-state index is -4.16. The molecule has 138 valence electrons. The Morgan fingerprint density at radius 1 is 1.17 bits per heavy atom. The minimum absolute atomic E-state index is 0. The Balaban J connectivity index is 0.00000529. The van der Waals surface area contributed by atoms with Crippen molar-refractivity contribution in [2.75, 3.05) is 27.2 Å². The van der Waals surface area contributed by atoms with Gasteiger partial charge in [-0.2, -0.15) is 13.2 Å². The SMILES string of the molecule is CCNC(=NCc1cccc(CN(C)C)c1)NCCC(F)(F)F.I. The Morgan fingerprint density at radius 2 is 1.83 bits per heavy atom. The van der Waals surface area contributed by atoms with Gasteiger partial charge in [-0.3, -0.25) is 0 Å². The molecule has 0 spiro atoms. The first-order valence-electron chi connectivity index (χ1n) is 7.61. The number of benzene rings is 1. The van der Waals surface area contributed by atoms with Gasteiger partial charge in [-0.1, -0.05) is 24.3 Å². The molecule has 0 aliphatic rings. The monoisotopic (exact) mass is 458 g/mol. The maximum atomic E-state index is 12.2. The van der Waals surface area contributed by atoms with Crippen molar-refractivity contribution < 1.29 is 13.2 Å². The third-order valence-electron chi connectivity index (χ3n) is 2.96. The molecule has 1 aromatic rings. The van der Waals surface area contributed by atoms with Crippen molar-refractivity contribution in [3.8, 4) is 0 Å². The molecule has 0 unspecified atom stereocenters. The van der Waals surface area contributed by atoms with E-state index >= 15 is 0 Å². The maximum Gasteiger partial charge on any atom is 0.390 e. The van der Waals surface area contributed by atoms with Crippen LogP contribution in [0.3, 0.4) is 0 Å². The van der Waals surface area contributed by atoms with Crippen LogP contribution in [0.5, 0.6) is 0 Å². The Kier molecular flexibility index (Phi) is 11.0. The van der Waals surface area contributed by atoms with E-state index in [1.807, 2.05) is 39.2 Å². The summed E-state index contributed by atoms with van der Waals surface area (Å²) in [5.41, 5.74) is 2.20. The van der Waals surface area contributed by atoms with Crippen molar-refractivity contribution in [1.82, 2.24) is 15.5 Å². The smallest absolute Gasteiger partial charge is 0.357 e. The topological polar surface area (TPSA) is 39.7 Å². The first kappa shape index (κ1) is 23.0. The summed E-state index contributed by atoms with van der Waals surface area (Å²) in [6.45, 7) is 3.54. The molecule has 0 atom stereocenters. The first-order chi connectivity index (χ1) is 10.8. The molecule has 2 N–H and O–H groups in total. The maximum absolute atomic E-state index is 12.2. The van der Waals surface area contributed by atoms with E-state index in [1.165, 1.54) is 5.56 Å². The second-order valence-corrected chi connectivity index (χ2v) is 5.54. The normalized spacial score (nSPS) is 12.0. The highest BCUT2D eigenvalue weighted by atomic mass is 127. The summed E-state index contributed by atoms with van der Waals surface area (Å²) in [4.78, 5) is 6.41. The molecule has 8 heteroatoms. The molecule has 4 nitrogen and oxygen atoms in total. The van der Waals surface area contributed by atoms with E-state index in [2.05, 4.69) is 26.6 Å². The van der Waals surface area contributed by atoms with Crippen LogP contribution >= 0.6 is 24.0 Å². The Hall–Kier alpha value is -1.03. The highest BCUT2D eigenvalue weighted by Gasteiger charge is 2.26. The number of rotatable bonds is 7. The Bertz CT molecular complexity index is 504. The fourth-order valence-electron chi connectivity index (χ4n) is 2.03. The van der Waals surface area contributed by atoms with E-state index in [-0.39, 0.29) is 30.5 Å². The van der Waals surface area contributed by atoms with Gasteiger partial charge in [0.1, 0.15) is 0 Å². The van der Waals surface area contributed by atoms with Gasteiger partial charge in [0.2, 0.25) is 0 Å². The van der Waals surface area contributed by atoms with Crippen LogP contribution in [0.1, 0.15) is 24.5 Å². The molecule has 0 saturated carbocycles. The third kappa shape index (κ3) is 10.7. The van der Waals surface area contributed by atoms with Crippen molar-refractivity contribution >= 4 is 29.9 Å². The van der Waals surface area contributed by atoms with Crippen molar-refractivity contribution in [1.29, 1.82) is 0 Å². The number of guanidine groups is 1. The van der Waals surface area contributed by atoms with Crippen molar-refractivity contribution in [3.05, 3.63) is 35.4 Å². The van der Waals surface area contributed by atoms with Crippen molar-refractivity contribution in [3.63, 3.8) is 0 Å². The zero-order valence-corrected chi connectivity index (χ0v) is 16.6. The lowest BCUT2D eigenvalue weighted by molar-refractivity contribution is -0.132. The summed E-state index contributed by atoms with van der Waals surface area (Å²) in [5.74, 6) is 0.398.